The van der Waals surface area contributed by atoms with Gasteiger partial charge in [-0.1, -0.05) is 0 Å². The summed E-state index contributed by atoms with van der Waals surface area (Å²) in [6, 6.07) is 5.83. The summed E-state index contributed by atoms with van der Waals surface area (Å²) in [5.74, 6) is -4.98. The van der Waals surface area contributed by atoms with Crippen LogP contribution >= 0.6 is 0 Å². The first-order chi connectivity index (χ1) is 12.0. The van der Waals surface area contributed by atoms with Crippen LogP contribution in [-0.2, 0) is 5.92 Å². The molecule has 0 fully saturated rings. The zero-order chi connectivity index (χ0) is 19.7. The Kier molecular flexibility index (Phi) is 5.06. The van der Waals surface area contributed by atoms with Gasteiger partial charge in [-0.2, -0.15) is 22.0 Å². The van der Waals surface area contributed by atoms with Crippen molar-refractivity contribution < 1.29 is 36.3 Å². The van der Waals surface area contributed by atoms with Crippen LogP contribution in [0.4, 0.5) is 27.6 Å². The number of rotatable bonds is 5. The normalized spacial score (nSPS) is 12.0. The van der Waals surface area contributed by atoms with Gasteiger partial charge in [0.1, 0.15) is 11.5 Å². The Morgan fingerprint density at radius 2 is 1.65 bits per heavy atom. The highest BCUT2D eigenvalue weighted by atomic mass is 19.4. The maximum Gasteiger partial charge on any atom is 0.458 e. The predicted octanol–water partition coefficient (Wildman–Crippen LogP) is 5.36. The number of alkyl halides is 5. The molecule has 0 saturated carbocycles. The Balaban J connectivity index is 2.33. The number of ether oxygens (including phenoxy) is 2. The van der Waals surface area contributed by atoms with E-state index in [1.165, 1.54) is 26.2 Å². The van der Waals surface area contributed by atoms with E-state index in [1.54, 1.807) is 0 Å². The average molecular weight is 377 g/mol. The van der Waals surface area contributed by atoms with Crippen molar-refractivity contribution in [2.75, 3.05) is 7.11 Å². The van der Waals surface area contributed by atoms with Crippen LogP contribution in [0.1, 0.15) is 11.1 Å². The van der Waals surface area contributed by atoms with Crippen LogP contribution in [-0.4, -0.2) is 18.2 Å². The van der Waals surface area contributed by atoms with Crippen molar-refractivity contribution in [3.05, 3.63) is 57.6 Å². The number of nitro groups is 1. The van der Waals surface area contributed by atoms with Gasteiger partial charge in [-0.25, -0.2) is 0 Å². The summed E-state index contributed by atoms with van der Waals surface area (Å²) in [4.78, 5) is 10.2. The molecule has 0 N–H and O–H groups in total. The first kappa shape index (κ1) is 19.4. The molecule has 0 heterocycles. The van der Waals surface area contributed by atoms with Crippen molar-refractivity contribution in [2.24, 2.45) is 0 Å². The van der Waals surface area contributed by atoms with Gasteiger partial charge in [0, 0.05) is 17.7 Å². The molecule has 0 amide bonds. The fraction of sp³-hybridized carbons (Fsp3) is 0.250. The summed E-state index contributed by atoms with van der Waals surface area (Å²) in [6.07, 6.45) is -5.71. The van der Waals surface area contributed by atoms with Gasteiger partial charge >= 0.3 is 17.8 Å². The topological polar surface area (TPSA) is 61.6 Å². The lowest BCUT2D eigenvalue weighted by Gasteiger charge is -2.21. The molecular weight excluding hydrogens is 365 g/mol. The third-order valence-corrected chi connectivity index (χ3v) is 3.47. The summed E-state index contributed by atoms with van der Waals surface area (Å²) in [6.45, 7) is 1.30. The first-order valence-electron chi connectivity index (χ1n) is 7.03. The van der Waals surface area contributed by atoms with Crippen molar-refractivity contribution in [1.82, 2.24) is 0 Å². The van der Waals surface area contributed by atoms with Gasteiger partial charge in [0.05, 0.1) is 12.0 Å². The number of nitrogens with zero attached hydrogens (tertiary/aromatic N) is 1. The lowest BCUT2D eigenvalue weighted by molar-refractivity contribution is -0.385. The molecule has 0 radical (unpaired) electrons. The van der Waals surface area contributed by atoms with Gasteiger partial charge in [0.25, 0.3) is 0 Å². The molecule has 2 aromatic rings. The van der Waals surface area contributed by atoms with Crippen LogP contribution in [0.5, 0.6) is 17.2 Å². The highest BCUT2D eigenvalue weighted by Gasteiger charge is 2.58. The fourth-order valence-electron chi connectivity index (χ4n) is 2.12. The first-order valence-corrected chi connectivity index (χ1v) is 7.03. The van der Waals surface area contributed by atoms with Gasteiger partial charge in [0.2, 0.25) is 5.75 Å². The zero-order valence-corrected chi connectivity index (χ0v) is 13.4. The monoisotopic (exact) mass is 377 g/mol. The fourth-order valence-corrected chi connectivity index (χ4v) is 2.12. The minimum Gasteiger partial charge on any atom is -0.490 e. The van der Waals surface area contributed by atoms with Crippen molar-refractivity contribution in [3.63, 3.8) is 0 Å². The molecule has 5 nitrogen and oxygen atoms in total. The van der Waals surface area contributed by atoms with Crippen molar-refractivity contribution in [2.45, 2.75) is 19.0 Å². The van der Waals surface area contributed by atoms with Gasteiger partial charge in [-0.15, -0.1) is 0 Å². The summed E-state index contributed by atoms with van der Waals surface area (Å²) >= 11 is 0. The second-order valence-corrected chi connectivity index (χ2v) is 5.25. The molecular formula is C16H12F5NO4. The Labute approximate surface area is 144 Å². The molecule has 0 aliphatic rings. The minimum absolute atomic E-state index is 0.0163. The Bertz CT molecular complexity index is 836. The molecule has 2 aromatic carbocycles. The van der Waals surface area contributed by atoms with Gasteiger partial charge in [-0.3, -0.25) is 10.1 Å². The van der Waals surface area contributed by atoms with Crippen LogP contribution in [0.3, 0.4) is 0 Å². The van der Waals surface area contributed by atoms with E-state index in [9.17, 15) is 32.1 Å². The van der Waals surface area contributed by atoms with Crippen molar-refractivity contribution in [3.8, 4) is 17.2 Å². The molecule has 10 heteroatoms. The summed E-state index contributed by atoms with van der Waals surface area (Å²) < 4.78 is 74.3. The van der Waals surface area contributed by atoms with E-state index in [0.717, 1.165) is 12.1 Å². The number of benzene rings is 2. The molecule has 0 unspecified atom stereocenters. The van der Waals surface area contributed by atoms with E-state index >= 15 is 0 Å². The average Bonchev–Trinajstić information content (AvgIpc) is 2.55. The van der Waals surface area contributed by atoms with Gasteiger partial charge < -0.3 is 9.47 Å². The maximum absolute atomic E-state index is 13.4. The van der Waals surface area contributed by atoms with Crippen LogP contribution < -0.4 is 9.47 Å². The zero-order valence-electron chi connectivity index (χ0n) is 13.4. The molecule has 0 spiro atoms. The van der Waals surface area contributed by atoms with E-state index in [0.29, 0.717) is 12.1 Å². The number of hydrogen-bond acceptors (Lipinski definition) is 4. The summed E-state index contributed by atoms with van der Waals surface area (Å²) in [7, 11) is 1.21. The number of aryl methyl sites for hydroxylation is 1. The molecule has 0 aliphatic heterocycles. The summed E-state index contributed by atoms with van der Waals surface area (Å²) in [5.41, 5.74) is -1.49. The van der Waals surface area contributed by atoms with Crippen molar-refractivity contribution >= 4 is 5.69 Å². The standard InChI is InChI=1S/C16H12F5NO4/c1-9-7-10(15(17,18)16(19,20)21)3-6-13(9)26-11-4-5-12(22(23)24)14(8-11)25-2/h3-8H,1-2H3. The molecule has 0 aliphatic carbocycles. The van der Waals surface area contributed by atoms with Gasteiger partial charge in [0.15, 0.2) is 0 Å². The SMILES string of the molecule is COc1cc(Oc2ccc(C(F)(F)C(F)(F)F)cc2C)ccc1[N+](=O)[O-]. The van der Waals surface area contributed by atoms with Crippen LogP contribution in [0, 0.1) is 17.0 Å². The van der Waals surface area contributed by atoms with E-state index in [2.05, 4.69) is 0 Å². The number of halogens is 5. The van der Waals surface area contributed by atoms with E-state index in [4.69, 9.17) is 9.47 Å². The smallest absolute Gasteiger partial charge is 0.458 e. The molecule has 0 aromatic heterocycles. The van der Waals surface area contributed by atoms with Crippen LogP contribution in [0.2, 0.25) is 0 Å². The largest absolute Gasteiger partial charge is 0.490 e. The molecule has 0 bridgehead atoms. The van der Waals surface area contributed by atoms with Crippen LogP contribution in [0.15, 0.2) is 36.4 Å². The number of nitro benzene ring substituents is 1. The predicted molar refractivity (Wildman–Crippen MR) is 80.9 cm³/mol. The van der Waals surface area contributed by atoms with Crippen LogP contribution in [0.25, 0.3) is 0 Å². The molecule has 140 valence electrons. The number of methoxy groups -OCH3 is 1. The molecule has 2 rings (SSSR count). The second-order valence-electron chi connectivity index (χ2n) is 5.25. The lowest BCUT2D eigenvalue weighted by Crippen LogP contribution is -2.33. The summed E-state index contributed by atoms with van der Waals surface area (Å²) in [5, 5.41) is 10.8. The third kappa shape index (κ3) is 3.68. The Hall–Kier alpha value is -2.91. The number of hydrogen-bond donors (Lipinski definition) is 0. The highest BCUT2D eigenvalue weighted by Crippen LogP contribution is 2.45. The lowest BCUT2D eigenvalue weighted by atomic mass is 10.0. The van der Waals surface area contributed by atoms with Crippen molar-refractivity contribution in [1.29, 1.82) is 0 Å². The molecule has 0 saturated heterocycles. The molecule has 26 heavy (non-hydrogen) atoms. The van der Waals surface area contributed by atoms with E-state index < -0.39 is 22.6 Å². The Morgan fingerprint density at radius 3 is 2.15 bits per heavy atom. The Morgan fingerprint density at radius 1 is 1.00 bits per heavy atom. The maximum atomic E-state index is 13.4. The second kappa shape index (κ2) is 6.77. The molecule has 0 atom stereocenters. The third-order valence-electron chi connectivity index (χ3n) is 3.47. The quantitative estimate of drug-likeness (QED) is 0.400. The van der Waals surface area contributed by atoms with E-state index in [1.807, 2.05) is 0 Å². The van der Waals surface area contributed by atoms with Gasteiger partial charge in [-0.05, 0) is 36.8 Å². The minimum atomic E-state index is -5.71. The highest BCUT2D eigenvalue weighted by molar-refractivity contribution is 5.52. The van der Waals surface area contributed by atoms with E-state index in [-0.39, 0.29) is 28.5 Å².